The van der Waals surface area contributed by atoms with E-state index in [1.807, 2.05) is 13.8 Å². The molecule has 0 atom stereocenters. The smallest absolute Gasteiger partial charge is 0.272 e. The van der Waals surface area contributed by atoms with Crippen molar-refractivity contribution in [3.63, 3.8) is 0 Å². The Labute approximate surface area is 112 Å². The molecular weight excluding hydrogens is 385 g/mol. The van der Waals surface area contributed by atoms with E-state index < -0.39 is 0 Å². The Kier molecular flexibility index (Phi) is 21.5. The average Bonchev–Trinajstić information content (AvgIpc) is 2.19. The normalized spacial score (nSPS) is 10.7. The van der Waals surface area contributed by atoms with Gasteiger partial charge in [0.2, 0.25) is 0 Å². The Morgan fingerprint density at radius 1 is 0.933 bits per heavy atom. The van der Waals surface area contributed by atoms with Gasteiger partial charge in [-0.2, -0.15) is 0 Å². The van der Waals surface area contributed by atoms with Crippen LogP contribution in [-0.4, -0.2) is 24.4 Å². The fourth-order valence-electron chi connectivity index (χ4n) is 0.516. The van der Waals surface area contributed by atoms with E-state index in [2.05, 4.69) is 9.47 Å². The molecule has 0 aromatic rings. The van der Waals surface area contributed by atoms with Crippen molar-refractivity contribution >= 4 is 0 Å². The quantitative estimate of drug-likeness (QED) is 0.559. The molecule has 0 aliphatic rings. The zero-order valence-corrected chi connectivity index (χ0v) is 15.5. The molecule has 0 amide bonds. The summed E-state index contributed by atoms with van der Waals surface area (Å²) in [5, 5.41) is 17.0. The van der Waals surface area contributed by atoms with Crippen LogP contribution in [0, 0.1) is 0 Å². The van der Waals surface area contributed by atoms with Crippen molar-refractivity contribution in [3.8, 4) is 0 Å². The maximum atomic E-state index is 8.50. The standard InChI is InChI=1S/2C5H10O2.Hg/c2*1-3-4-5(6)7-2;/h2*4,6H,3H2,1-2H3;/b2*5-4+;. The Morgan fingerprint density at radius 2 is 1.20 bits per heavy atom. The van der Waals surface area contributed by atoms with Gasteiger partial charge in [0.1, 0.15) is 0 Å². The molecule has 0 aliphatic carbocycles. The van der Waals surface area contributed by atoms with Gasteiger partial charge in [-0.3, -0.25) is 0 Å². The number of ether oxygens (including phenoxy) is 2. The Morgan fingerprint density at radius 3 is 1.27 bits per heavy atom. The van der Waals surface area contributed by atoms with E-state index in [-0.39, 0.29) is 39.6 Å². The average molecular weight is 405 g/mol. The van der Waals surface area contributed by atoms with Crippen LogP contribution >= 0.6 is 0 Å². The van der Waals surface area contributed by atoms with Crippen molar-refractivity contribution in [1.82, 2.24) is 0 Å². The van der Waals surface area contributed by atoms with Gasteiger partial charge in [0.05, 0.1) is 14.2 Å². The molecule has 0 aromatic heterocycles. The SMILES string of the molecule is CC/C=C(\O)OC.CC/C=C(\O)OC.[Hg]. The predicted octanol–water partition coefficient (Wildman–Crippen LogP) is 2.88. The molecule has 0 bridgehead atoms. The summed E-state index contributed by atoms with van der Waals surface area (Å²) in [6, 6.07) is 0. The van der Waals surface area contributed by atoms with E-state index in [1.54, 1.807) is 12.2 Å². The Hall–Kier alpha value is -0.385. The minimum Gasteiger partial charge on any atom is -0.481 e. The topological polar surface area (TPSA) is 58.9 Å². The molecule has 0 aromatic carbocycles. The van der Waals surface area contributed by atoms with Gasteiger partial charge in [-0.25, -0.2) is 0 Å². The number of rotatable bonds is 4. The van der Waals surface area contributed by atoms with Gasteiger partial charge in [0.25, 0.3) is 11.9 Å². The predicted molar refractivity (Wildman–Crippen MR) is 56.0 cm³/mol. The van der Waals surface area contributed by atoms with Crippen molar-refractivity contribution in [2.45, 2.75) is 26.7 Å². The zero-order valence-electron chi connectivity index (χ0n) is 9.99. The molecule has 0 saturated heterocycles. The molecule has 0 saturated carbocycles. The van der Waals surface area contributed by atoms with Gasteiger partial charge >= 0.3 is 0 Å². The monoisotopic (exact) mass is 406 g/mol. The molecule has 5 heteroatoms. The molecule has 0 unspecified atom stereocenters. The molecule has 4 nitrogen and oxygen atoms in total. The number of aliphatic hydroxyl groups is 2. The van der Waals surface area contributed by atoms with Gasteiger partial charge in [-0.05, 0) is 25.0 Å². The Bertz CT molecular complexity index is 158. The zero-order chi connectivity index (χ0) is 11.4. The van der Waals surface area contributed by atoms with E-state index in [0.717, 1.165) is 12.8 Å². The van der Waals surface area contributed by atoms with Crippen LogP contribution in [0.25, 0.3) is 0 Å². The third-order valence-corrected chi connectivity index (χ3v) is 1.18. The molecule has 15 heavy (non-hydrogen) atoms. The molecule has 2 N–H and O–H groups in total. The minimum absolute atomic E-state index is 0. The van der Waals surface area contributed by atoms with Gasteiger partial charge in [-0.15, -0.1) is 0 Å². The second-order valence-corrected chi connectivity index (χ2v) is 2.31. The van der Waals surface area contributed by atoms with Gasteiger partial charge < -0.3 is 19.7 Å². The fraction of sp³-hybridized carbons (Fsp3) is 0.600. The van der Waals surface area contributed by atoms with Crippen LogP contribution in [0.5, 0.6) is 0 Å². The molecule has 86 valence electrons. The first-order valence-corrected chi connectivity index (χ1v) is 4.48. The second-order valence-electron chi connectivity index (χ2n) is 2.31. The number of methoxy groups -OCH3 is 2. The van der Waals surface area contributed by atoms with E-state index in [4.69, 9.17) is 10.2 Å². The van der Waals surface area contributed by atoms with Crippen LogP contribution < -0.4 is 0 Å². The number of hydrogen-bond acceptors (Lipinski definition) is 4. The van der Waals surface area contributed by atoms with Crippen molar-refractivity contribution in [2.24, 2.45) is 0 Å². The van der Waals surface area contributed by atoms with E-state index in [1.165, 1.54) is 14.2 Å². The summed E-state index contributed by atoms with van der Waals surface area (Å²) in [5.74, 6) is 0.00463. The maximum absolute atomic E-state index is 8.50. The van der Waals surface area contributed by atoms with Crippen molar-refractivity contribution in [1.29, 1.82) is 0 Å². The third-order valence-electron chi connectivity index (χ3n) is 1.18. The van der Waals surface area contributed by atoms with Gasteiger partial charge in [-0.1, -0.05) is 13.8 Å². The summed E-state index contributed by atoms with van der Waals surface area (Å²) in [6.07, 6.45) is 4.80. The summed E-state index contributed by atoms with van der Waals surface area (Å²) in [4.78, 5) is 0. The molecule has 0 rings (SSSR count). The molecule has 0 radical (unpaired) electrons. The first-order valence-electron chi connectivity index (χ1n) is 4.48. The third kappa shape index (κ3) is 19.9. The summed E-state index contributed by atoms with van der Waals surface area (Å²) >= 11 is 0. The molecule has 0 aliphatic heterocycles. The van der Waals surface area contributed by atoms with E-state index in [9.17, 15) is 0 Å². The fourth-order valence-corrected chi connectivity index (χ4v) is 0.516. The van der Waals surface area contributed by atoms with Crippen LogP contribution in [0.1, 0.15) is 26.7 Å². The van der Waals surface area contributed by atoms with Crippen LogP contribution in [0.2, 0.25) is 0 Å². The summed E-state index contributed by atoms with van der Waals surface area (Å²) < 4.78 is 8.81. The first kappa shape index (κ1) is 20.1. The molecular formula is C10H20HgO4. The minimum atomic E-state index is 0. The summed E-state index contributed by atoms with van der Waals surface area (Å²) in [6.45, 7) is 3.85. The van der Waals surface area contributed by atoms with Crippen LogP contribution in [-0.2, 0) is 37.1 Å². The summed E-state index contributed by atoms with van der Waals surface area (Å²) in [5.41, 5.74) is 0. The Balaban J connectivity index is -0.000000180. The van der Waals surface area contributed by atoms with Gasteiger partial charge in [0, 0.05) is 27.7 Å². The van der Waals surface area contributed by atoms with E-state index in [0.29, 0.717) is 0 Å². The molecule has 0 fully saturated rings. The number of allylic oxidation sites excluding steroid dienone is 2. The number of hydrogen-bond donors (Lipinski definition) is 2. The van der Waals surface area contributed by atoms with Gasteiger partial charge in [0.15, 0.2) is 0 Å². The second kappa shape index (κ2) is 16.1. The summed E-state index contributed by atoms with van der Waals surface area (Å²) in [7, 11) is 2.86. The van der Waals surface area contributed by atoms with Crippen molar-refractivity contribution < 1.29 is 47.4 Å². The van der Waals surface area contributed by atoms with Crippen LogP contribution in [0.15, 0.2) is 24.0 Å². The molecule has 0 heterocycles. The maximum Gasteiger partial charge on any atom is 0.272 e. The van der Waals surface area contributed by atoms with Crippen LogP contribution in [0.3, 0.4) is 0 Å². The van der Waals surface area contributed by atoms with Crippen LogP contribution in [0.4, 0.5) is 0 Å². The first-order chi connectivity index (χ1) is 6.62. The van der Waals surface area contributed by atoms with Crippen molar-refractivity contribution in [3.05, 3.63) is 24.0 Å². The molecule has 0 spiro atoms. The van der Waals surface area contributed by atoms with E-state index >= 15 is 0 Å². The largest absolute Gasteiger partial charge is 0.481 e. The van der Waals surface area contributed by atoms with Crippen molar-refractivity contribution in [2.75, 3.05) is 14.2 Å². The number of aliphatic hydroxyl groups excluding tert-OH is 2.